The second-order valence-electron chi connectivity index (χ2n) is 8.60. The number of anilines is 1. The fourth-order valence-corrected chi connectivity index (χ4v) is 6.73. The summed E-state index contributed by atoms with van der Waals surface area (Å²) in [6, 6.07) is 16.3. The van der Waals surface area contributed by atoms with E-state index in [1.54, 1.807) is 13.0 Å². The van der Waals surface area contributed by atoms with Gasteiger partial charge in [0.05, 0.1) is 11.8 Å². The Kier molecular flexibility index (Phi) is 4.14. The first-order valence-corrected chi connectivity index (χ1v) is 11.2. The molecular weight excluding hydrogens is 465 g/mol. The molecule has 2 bridgehead atoms. The van der Waals surface area contributed by atoms with E-state index in [9.17, 15) is 14.4 Å². The van der Waals surface area contributed by atoms with Crippen molar-refractivity contribution in [1.29, 1.82) is 0 Å². The quantitative estimate of drug-likeness (QED) is 0.456. The molecule has 7 rings (SSSR count). The van der Waals surface area contributed by atoms with Gasteiger partial charge in [0, 0.05) is 6.07 Å². The van der Waals surface area contributed by atoms with E-state index in [2.05, 4.69) is 10.5 Å². The lowest BCUT2D eigenvalue weighted by atomic mass is 9.54. The van der Waals surface area contributed by atoms with Crippen molar-refractivity contribution >= 4 is 46.7 Å². The molecule has 33 heavy (non-hydrogen) atoms. The lowest BCUT2D eigenvalue weighted by Crippen LogP contribution is -2.57. The smallest absolute Gasteiger partial charge is 0.245 e. The van der Waals surface area contributed by atoms with Crippen molar-refractivity contribution in [1.82, 2.24) is 10.1 Å². The lowest BCUT2D eigenvalue weighted by Gasteiger charge is -2.54. The van der Waals surface area contributed by atoms with Gasteiger partial charge in [-0.3, -0.25) is 19.3 Å². The van der Waals surface area contributed by atoms with Crippen LogP contribution in [0.15, 0.2) is 59.1 Å². The van der Waals surface area contributed by atoms with E-state index < -0.39 is 45.9 Å². The fourth-order valence-electron chi connectivity index (χ4n) is 5.63. The van der Waals surface area contributed by atoms with Gasteiger partial charge >= 0.3 is 0 Å². The number of benzene rings is 2. The molecule has 0 saturated carbocycles. The summed E-state index contributed by atoms with van der Waals surface area (Å²) < 4.78 is 4.94. The molecule has 2 heterocycles. The van der Waals surface area contributed by atoms with Gasteiger partial charge in [-0.25, -0.2) is 0 Å². The Labute approximate surface area is 198 Å². The van der Waals surface area contributed by atoms with Crippen molar-refractivity contribution in [2.24, 2.45) is 11.8 Å². The lowest BCUT2D eigenvalue weighted by molar-refractivity contribution is -0.142. The van der Waals surface area contributed by atoms with Crippen LogP contribution in [0.2, 0.25) is 0 Å². The minimum Gasteiger partial charge on any atom is -0.360 e. The van der Waals surface area contributed by atoms with Gasteiger partial charge in [0.25, 0.3) is 0 Å². The molecule has 7 nitrogen and oxygen atoms in total. The van der Waals surface area contributed by atoms with Gasteiger partial charge in [0.2, 0.25) is 17.7 Å². The van der Waals surface area contributed by atoms with Gasteiger partial charge in [0.15, 0.2) is 5.82 Å². The Morgan fingerprint density at radius 1 is 0.970 bits per heavy atom. The predicted molar refractivity (Wildman–Crippen MR) is 120 cm³/mol. The van der Waals surface area contributed by atoms with E-state index in [1.165, 1.54) is 0 Å². The van der Waals surface area contributed by atoms with Crippen LogP contribution in [0.3, 0.4) is 0 Å². The van der Waals surface area contributed by atoms with Crippen molar-refractivity contribution in [3.8, 4) is 0 Å². The third-order valence-corrected chi connectivity index (χ3v) is 8.16. The summed E-state index contributed by atoms with van der Waals surface area (Å²) >= 11 is 14.7. The summed E-state index contributed by atoms with van der Waals surface area (Å²) in [6.45, 7) is 1.22. The normalized spacial score (nSPS) is 29.0. The van der Waals surface area contributed by atoms with E-state index in [1.807, 2.05) is 48.5 Å². The van der Waals surface area contributed by atoms with Gasteiger partial charge in [-0.2, -0.15) is 0 Å². The largest absolute Gasteiger partial charge is 0.360 e. The number of nitrogens with one attached hydrogen (secondary N) is 1. The summed E-state index contributed by atoms with van der Waals surface area (Å²) in [6.07, 6.45) is 0. The average Bonchev–Trinajstić information content (AvgIpc) is 3.33. The topological polar surface area (TPSA) is 92.5 Å². The fraction of sp³-hybridized carbons (Fsp3) is 0.250. The molecule has 3 aliphatic carbocycles. The van der Waals surface area contributed by atoms with Crippen molar-refractivity contribution in [2.75, 3.05) is 11.9 Å². The second kappa shape index (κ2) is 6.68. The molecule has 4 aliphatic rings. The number of likely N-dealkylation sites (tertiary alicyclic amines) is 1. The summed E-state index contributed by atoms with van der Waals surface area (Å²) in [5.74, 6) is -2.74. The number of hydrogen-bond acceptors (Lipinski definition) is 5. The second-order valence-corrected chi connectivity index (χ2v) is 9.80. The van der Waals surface area contributed by atoms with Gasteiger partial charge in [-0.1, -0.05) is 53.7 Å². The number of alkyl halides is 2. The Hall–Kier alpha value is -3.16. The van der Waals surface area contributed by atoms with E-state index in [-0.39, 0.29) is 5.82 Å². The molecule has 1 aromatic heterocycles. The monoisotopic (exact) mass is 481 g/mol. The highest BCUT2D eigenvalue weighted by molar-refractivity contribution is 6.36. The average molecular weight is 482 g/mol. The van der Waals surface area contributed by atoms with Crippen LogP contribution in [0.4, 0.5) is 5.82 Å². The molecule has 0 spiro atoms. The van der Waals surface area contributed by atoms with Gasteiger partial charge in [-0.15, -0.1) is 23.2 Å². The van der Waals surface area contributed by atoms with Crippen molar-refractivity contribution < 1.29 is 18.9 Å². The number of nitrogens with zero attached hydrogens (tertiary/aromatic N) is 2. The van der Waals surface area contributed by atoms with Crippen LogP contribution in [0.5, 0.6) is 0 Å². The van der Waals surface area contributed by atoms with Crippen molar-refractivity contribution in [2.45, 2.75) is 16.7 Å². The molecular formula is C24H17Cl2N3O4. The highest BCUT2D eigenvalue weighted by atomic mass is 35.5. The Bertz CT molecular complexity index is 1250. The maximum atomic E-state index is 13.6. The molecule has 0 unspecified atom stereocenters. The van der Waals surface area contributed by atoms with Crippen LogP contribution in [-0.2, 0) is 24.1 Å². The van der Waals surface area contributed by atoms with Crippen molar-refractivity contribution in [3.05, 3.63) is 82.6 Å². The van der Waals surface area contributed by atoms with Crippen molar-refractivity contribution in [3.63, 3.8) is 0 Å². The molecule has 2 aromatic carbocycles. The van der Waals surface area contributed by atoms with E-state index >= 15 is 0 Å². The molecule has 2 atom stereocenters. The first-order valence-electron chi connectivity index (χ1n) is 10.4. The first-order chi connectivity index (χ1) is 15.8. The molecule has 0 radical (unpaired) electrons. The zero-order valence-corrected chi connectivity index (χ0v) is 18.9. The minimum atomic E-state index is -1.27. The molecule has 166 valence electrons. The zero-order valence-electron chi connectivity index (χ0n) is 17.3. The third kappa shape index (κ3) is 2.46. The number of carbonyl (C=O) groups is 3. The third-order valence-electron chi connectivity index (χ3n) is 6.87. The number of aromatic nitrogens is 1. The molecule has 1 aliphatic heterocycles. The van der Waals surface area contributed by atoms with Gasteiger partial charge in [-0.05, 0) is 29.2 Å². The van der Waals surface area contributed by atoms with Gasteiger partial charge < -0.3 is 9.84 Å². The summed E-state index contributed by atoms with van der Waals surface area (Å²) in [5.41, 5.74) is 2.86. The van der Waals surface area contributed by atoms with Crippen LogP contribution >= 0.6 is 23.2 Å². The maximum Gasteiger partial charge on any atom is 0.245 e. The Balaban J connectivity index is 1.45. The van der Waals surface area contributed by atoms with Crippen LogP contribution in [0.1, 0.15) is 28.0 Å². The number of carbonyl (C=O) groups excluding carboxylic acids is 3. The molecule has 9 heteroatoms. The minimum absolute atomic E-state index is 0.205. The van der Waals surface area contributed by atoms with Crippen LogP contribution < -0.4 is 5.32 Å². The number of imide groups is 1. The highest BCUT2D eigenvalue weighted by Crippen LogP contribution is 2.69. The number of aryl methyl sites for hydroxylation is 1. The van der Waals surface area contributed by atoms with Crippen LogP contribution in [-0.4, -0.2) is 34.3 Å². The molecule has 1 N–H and O–H groups in total. The Morgan fingerprint density at radius 3 is 1.82 bits per heavy atom. The van der Waals surface area contributed by atoms with E-state index in [0.717, 1.165) is 4.90 Å². The number of amides is 3. The zero-order chi connectivity index (χ0) is 23.1. The molecule has 3 amide bonds. The number of halogens is 2. The van der Waals surface area contributed by atoms with E-state index in [4.69, 9.17) is 27.7 Å². The summed E-state index contributed by atoms with van der Waals surface area (Å²) in [4.78, 5) is 38.4. The summed E-state index contributed by atoms with van der Waals surface area (Å²) in [5, 5.41) is 6.26. The number of hydrogen-bond donors (Lipinski definition) is 1. The SMILES string of the molecule is Cc1cc(NC(=O)CN2C(=O)[C@@H]3[C@@H](C2=O)C2(Cl)c4ccccc4C3(Cl)c3ccccc32)no1. The maximum absolute atomic E-state index is 13.6. The molecule has 1 saturated heterocycles. The highest BCUT2D eigenvalue weighted by Gasteiger charge is 2.73. The first kappa shape index (κ1) is 20.4. The van der Waals surface area contributed by atoms with Gasteiger partial charge in [0.1, 0.15) is 22.1 Å². The Morgan fingerprint density at radius 2 is 1.42 bits per heavy atom. The molecule has 3 aromatic rings. The predicted octanol–water partition coefficient (Wildman–Crippen LogP) is 3.51. The molecule has 1 fully saturated rings. The number of rotatable bonds is 3. The van der Waals surface area contributed by atoms with Crippen LogP contribution in [0, 0.1) is 18.8 Å². The van der Waals surface area contributed by atoms with E-state index in [0.29, 0.717) is 28.0 Å². The summed E-state index contributed by atoms with van der Waals surface area (Å²) in [7, 11) is 0. The standard InChI is InChI=1S/C24H17Cl2N3O4/c1-12-10-17(28-33-12)27-18(30)11-29-21(31)19-20(22(29)32)24(26)14-7-3-2-6-13(14)23(19,25)15-8-4-5-9-16(15)24/h2-10,19-20H,11H2,1H3,(H,27,28,30)/t19-,20-,23?,24?/m0/s1. The van der Waals surface area contributed by atoms with Crippen LogP contribution in [0.25, 0.3) is 0 Å².